The molecule has 0 aliphatic rings. The summed E-state index contributed by atoms with van der Waals surface area (Å²) in [5.74, 6) is 0.0353. The summed E-state index contributed by atoms with van der Waals surface area (Å²) in [4.78, 5) is 23.2. The molecule has 0 atom stereocenters. The van der Waals surface area contributed by atoms with Crippen molar-refractivity contribution in [3.63, 3.8) is 0 Å². The molecule has 0 saturated heterocycles. The van der Waals surface area contributed by atoms with Crippen molar-refractivity contribution in [1.82, 2.24) is 10.6 Å². The molecular formula is C16H24ClN3O2. The number of anilines is 1. The molecule has 22 heavy (non-hydrogen) atoms. The second kappa shape index (κ2) is 10.9. The first kappa shape index (κ1) is 18.3. The smallest absolute Gasteiger partial charge is 0.319 e. The topological polar surface area (TPSA) is 70.2 Å². The summed E-state index contributed by atoms with van der Waals surface area (Å²) >= 11 is 5.83. The van der Waals surface area contributed by atoms with E-state index >= 15 is 0 Å². The van der Waals surface area contributed by atoms with E-state index in [1.807, 2.05) is 0 Å². The van der Waals surface area contributed by atoms with Crippen LogP contribution < -0.4 is 16.0 Å². The van der Waals surface area contributed by atoms with Gasteiger partial charge in [-0.3, -0.25) is 4.79 Å². The van der Waals surface area contributed by atoms with E-state index in [2.05, 4.69) is 22.9 Å². The highest BCUT2D eigenvalue weighted by Crippen LogP contribution is 2.14. The van der Waals surface area contributed by atoms with Crippen molar-refractivity contribution in [1.29, 1.82) is 0 Å². The SMILES string of the molecule is CCCCCCC(=O)NCCNC(=O)Nc1cccc(Cl)c1. The Morgan fingerprint density at radius 3 is 2.59 bits per heavy atom. The maximum atomic E-state index is 11.6. The van der Waals surface area contributed by atoms with Crippen molar-refractivity contribution in [3.05, 3.63) is 29.3 Å². The second-order valence-corrected chi connectivity index (χ2v) is 5.49. The van der Waals surface area contributed by atoms with E-state index < -0.39 is 0 Å². The normalized spacial score (nSPS) is 10.1. The number of unbranched alkanes of at least 4 members (excludes halogenated alkanes) is 3. The number of nitrogens with one attached hydrogen (secondary N) is 3. The van der Waals surface area contributed by atoms with Crippen molar-refractivity contribution in [2.24, 2.45) is 0 Å². The van der Waals surface area contributed by atoms with Crippen LogP contribution in [0.4, 0.5) is 10.5 Å². The Labute approximate surface area is 136 Å². The van der Waals surface area contributed by atoms with Crippen LogP contribution in [0.25, 0.3) is 0 Å². The van der Waals surface area contributed by atoms with E-state index in [1.54, 1.807) is 24.3 Å². The number of carbonyl (C=O) groups is 2. The first-order valence-electron chi connectivity index (χ1n) is 7.69. The van der Waals surface area contributed by atoms with Gasteiger partial charge in [0.25, 0.3) is 0 Å². The summed E-state index contributed by atoms with van der Waals surface area (Å²) < 4.78 is 0. The van der Waals surface area contributed by atoms with Gasteiger partial charge in [-0.05, 0) is 24.6 Å². The summed E-state index contributed by atoms with van der Waals surface area (Å²) in [6, 6.07) is 6.60. The lowest BCUT2D eigenvalue weighted by Crippen LogP contribution is -2.36. The standard InChI is InChI=1S/C16H24ClN3O2/c1-2-3-4-5-9-15(21)18-10-11-19-16(22)20-14-8-6-7-13(17)12-14/h6-8,12H,2-5,9-11H2,1H3,(H,18,21)(H2,19,20,22). The Morgan fingerprint density at radius 1 is 1.09 bits per heavy atom. The van der Waals surface area contributed by atoms with Gasteiger partial charge < -0.3 is 16.0 Å². The van der Waals surface area contributed by atoms with Crippen LogP contribution >= 0.6 is 11.6 Å². The fraction of sp³-hybridized carbons (Fsp3) is 0.500. The van der Waals surface area contributed by atoms with Gasteiger partial charge in [0.2, 0.25) is 5.91 Å². The Morgan fingerprint density at radius 2 is 1.86 bits per heavy atom. The third-order valence-corrected chi connectivity index (χ3v) is 3.31. The maximum Gasteiger partial charge on any atom is 0.319 e. The molecule has 0 unspecified atom stereocenters. The molecule has 122 valence electrons. The number of hydrogen-bond acceptors (Lipinski definition) is 2. The van der Waals surface area contributed by atoms with Gasteiger partial charge >= 0.3 is 6.03 Å². The average Bonchev–Trinajstić information content (AvgIpc) is 2.48. The molecule has 6 heteroatoms. The second-order valence-electron chi connectivity index (χ2n) is 5.05. The van der Waals surface area contributed by atoms with Gasteiger partial charge in [-0.25, -0.2) is 4.79 Å². The average molecular weight is 326 g/mol. The minimum absolute atomic E-state index is 0.0353. The van der Waals surface area contributed by atoms with Crippen LogP contribution in [0.5, 0.6) is 0 Å². The number of urea groups is 1. The maximum absolute atomic E-state index is 11.6. The highest BCUT2D eigenvalue weighted by Gasteiger charge is 2.03. The Balaban J connectivity index is 2.08. The molecule has 0 radical (unpaired) electrons. The summed E-state index contributed by atoms with van der Waals surface area (Å²) in [5, 5.41) is 8.69. The van der Waals surface area contributed by atoms with E-state index in [0.29, 0.717) is 30.2 Å². The lowest BCUT2D eigenvalue weighted by molar-refractivity contribution is -0.121. The zero-order valence-electron chi connectivity index (χ0n) is 13.0. The van der Waals surface area contributed by atoms with Crippen LogP contribution in [-0.4, -0.2) is 25.0 Å². The predicted molar refractivity (Wildman–Crippen MR) is 90.2 cm³/mol. The van der Waals surface area contributed by atoms with Gasteiger partial charge in [0.1, 0.15) is 0 Å². The molecule has 0 heterocycles. The molecule has 0 aromatic heterocycles. The summed E-state index contributed by atoms with van der Waals surface area (Å²) in [6.07, 6.45) is 4.88. The van der Waals surface area contributed by atoms with E-state index in [1.165, 1.54) is 6.42 Å². The zero-order valence-corrected chi connectivity index (χ0v) is 13.7. The molecule has 1 aromatic rings. The van der Waals surface area contributed by atoms with Crippen LogP contribution in [0.3, 0.4) is 0 Å². The zero-order chi connectivity index (χ0) is 16.2. The van der Waals surface area contributed by atoms with Crippen LogP contribution in [0.2, 0.25) is 5.02 Å². The van der Waals surface area contributed by atoms with Gasteiger partial charge in [-0.15, -0.1) is 0 Å². The van der Waals surface area contributed by atoms with E-state index in [9.17, 15) is 9.59 Å². The van der Waals surface area contributed by atoms with Crippen molar-refractivity contribution >= 4 is 29.2 Å². The molecular weight excluding hydrogens is 302 g/mol. The van der Waals surface area contributed by atoms with Crippen LogP contribution in [0, 0.1) is 0 Å². The van der Waals surface area contributed by atoms with Crippen molar-refractivity contribution in [2.45, 2.75) is 39.0 Å². The third-order valence-electron chi connectivity index (χ3n) is 3.07. The van der Waals surface area contributed by atoms with Gasteiger partial charge in [-0.2, -0.15) is 0 Å². The van der Waals surface area contributed by atoms with Crippen LogP contribution in [0.1, 0.15) is 39.0 Å². The monoisotopic (exact) mass is 325 g/mol. The lowest BCUT2D eigenvalue weighted by atomic mass is 10.1. The largest absolute Gasteiger partial charge is 0.354 e. The number of carbonyl (C=O) groups excluding carboxylic acids is 2. The highest BCUT2D eigenvalue weighted by atomic mass is 35.5. The van der Waals surface area contributed by atoms with Crippen molar-refractivity contribution in [2.75, 3.05) is 18.4 Å². The molecule has 0 aliphatic heterocycles. The first-order chi connectivity index (χ1) is 10.6. The Bertz CT molecular complexity index is 480. The highest BCUT2D eigenvalue weighted by molar-refractivity contribution is 6.30. The predicted octanol–water partition coefficient (Wildman–Crippen LogP) is 3.55. The Kier molecular flexibility index (Phi) is 9.07. The minimum Gasteiger partial charge on any atom is -0.354 e. The van der Waals surface area contributed by atoms with E-state index in [0.717, 1.165) is 19.3 Å². The van der Waals surface area contributed by atoms with Crippen molar-refractivity contribution < 1.29 is 9.59 Å². The van der Waals surface area contributed by atoms with Crippen LogP contribution in [0.15, 0.2) is 24.3 Å². The first-order valence-corrected chi connectivity index (χ1v) is 8.06. The molecule has 3 N–H and O–H groups in total. The summed E-state index contributed by atoms with van der Waals surface area (Å²) in [5.41, 5.74) is 0.630. The molecule has 1 rings (SSSR count). The van der Waals surface area contributed by atoms with E-state index in [-0.39, 0.29) is 11.9 Å². The molecule has 0 fully saturated rings. The summed E-state index contributed by atoms with van der Waals surface area (Å²) in [7, 11) is 0. The molecule has 1 aromatic carbocycles. The van der Waals surface area contributed by atoms with Crippen molar-refractivity contribution in [3.8, 4) is 0 Å². The van der Waals surface area contributed by atoms with Crippen LogP contribution in [-0.2, 0) is 4.79 Å². The quantitative estimate of drug-likeness (QED) is 0.608. The molecule has 0 saturated carbocycles. The molecule has 0 aliphatic carbocycles. The molecule has 3 amide bonds. The lowest BCUT2D eigenvalue weighted by Gasteiger charge is -2.09. The fourth-order valence-electron chi connectivity index (χ4n) is 1.92. The van der Waals surface area contributed by atoms with E-state index in [4.69, 9.17) is 11.6 Å². The number of benzene rings is 1. The van der Waals surface area contributed by atoms with Gasteiger partial charge in [0, 0.05) is 30.2 Å². The number of rotatable bonds is 9. The molecule has 0 bridgehead atoms. The summed E-state index contributed by atoms with van der Waals surface area (Å²) in [6.45, 7) is 2.95. The van der Waals surface area contributed by atoms with Gasteiger partial charge in [0.15, 0.2) is 0 Å². The number of halogens is 1. The minimum atomic E-state index is -0.320. The molecule has 0 spiro atoms. The van der Waals surface area contributed by atoms with Gasteiger partial charge in [0.05, 0.1) is 0 Å². The van der Waals surface area contributed by atoms with Gasteiger partial charge in [-0.1, -0.05) is 43.9 Å². The molecule has 5 nitrogen and oxygen atoms in total. The Hall–Kier alpha value is -1.75. The number of amides is 3. The third kappa shape index (κ3) is 8.52. The fourth-order valence-corrected chi connectivity index (χ4v) is 2.11. The number of hydrogen-bond donors (Lipinski definition) is 3.